The minimum atomic E-state index is 0.632. The van der Waals surface area contributed by atoms with Gasteiger partial charge in [-0.2, -0.15) is 0 Å². The first-order valence-corrected chi connectivity index (χ1v) is 6.13. The second-order valence-electron chi connectivity index (χ2n) is 3.34. The van der Waals surface area contributed by atoms with Crippen LogP contribution in [0.4, 0.5) is 0 Å². The maximum absolute atomic E-state index is 2.24. The van der Waals surface area contributed by atoms with E-state index in [9.17, 15) is 0 Å². The van der Waals surface area contributed by atoms with Crippen LogP contribution in [0, 0.1) is 0 Å². The van der Waals surface area contributed by atoms with E-state index in [0.717, 1.165) is 0 Å². The second kappa shape index (κ2) is 5.16. The molecule has 76 valence electrons. The van der Waals surface area contributed by atoms with Gasteiger partial charge in [0.1, 0.15) is 0 Å². The zero-order chi connectivity index (χ0) is 10.6. The van der Waals surface area contributed by atoms with Crippen LogP contribution in [-0.2, 0) is 0 Å². The standard InChI is InChI=1S/C11H12S.C2H6/c1-8(2)10-5-3-4-9-6-7-12-11(9)10;1-2/h3-8H,1-2H3;1-2H3. The van der Waals surface area contributed by atoms with Crippen LogP contribution < -0.4 is 0 Å². The molecule has 0 amide bonds. The van der Waals surface area contributed by atoms with Crippen molar-refractivity contribution in [3.05, 3.63) is 35.2 Å². The summed E-state index contributed by atoms with van der Waals surface area (Å²) in [4.78, 5) is 0. The van der Waals surface area contributed by atoms with Crippen LogP contribution in [0.2, 0.25) is 0 Å². The van der Waals surface area contributed by atoms with Gasteiger partial charge in [0, 0.05) is 4.70 Å². The van der Waals surface area contributed by atoms with E-state index in [1.54, 1.807) is 0 Å². The average Bonchev–Trinajstić information content (AvgIpc) is 2.67. The first kappa shape index (κ1) is 11.3. The van der Waals surface area contributed by atoms with E-state index in [0.29, 0.717) is 5.92 Å². The molecule has 0 spiro atoms. The molecule has 1 aromatic carbocycles. The number of benzene rings is 1. The summed E-state index contributed by atoms with van der Waals surface area (Å²) < 4.78 is 1.45. The van der Waals surface area contributed by atoms with Crippen LogP contribution >= 0.6 is 11.3 Å². The fourth-order valence-corrected chi connectivity index (χ4v) is 2.53. The lowest BCUT2D eigenvalue weighted by atomic mass is 10.0. The molecule has 0 fully saturated rings. The van der Waals surface area contributed by atoms with Gasteiger partial charge in [0.15, 0.2) is 0 Å². The van der Waals surface area contributed by atoms with Crippen LogP contribution in [0.5, 0.6) is 0 Å². The summed E-state index contributed by atoms with van der Waals surface area (Å²) in [5.74, 6) is 0.632. The SMILES string of the molecule is CC.CC(C)c1cccc2ccsc12. The molecular weight excluding hydrogens is 188 g/mol. The molecule has 0 atom stereocenters. The molecule has 1 aromatic heterocycles. The van der Waals surface area contributed by atoms with Gasteiger partial charge in [0.2, 0.25) is 0 Å². The van der Waals surface area contributed by atoms with Gasteiger partial charge in [-0.25, -0.2) is 0 Å². The van der Waals surface area contributed by atoms with E-state index in [1.807, 2.05) is 25.2 Å². The third-order valence-corrected chi connectivity index (χ3v) is 3.11. The lowest BCUT2D eigenvalue weighted by molar-refractivity contribution is 0.878. The monoisotopic (exact) mass is 206 g/mol. The minimum absolute atomic E-state index is 0.632. The van der Waals surface area contributed by atoms with Gasteiger partial charge >= 0.3 is 0 Å². The Hall–Kier alpha value is -0.820. The van der Waals surface area contributed by atoms with Gasteiger partial charge in [-0.05, 0) is 28.3 Å². The number of rotatable bonds is 1. The highest BCUT2D eigenvalue weighted by Gasteiger charge is 2.04. The van der Waals surface area contributed by atoms with Crippen molar-refractivity contribution >= 4 is 21.4 Å². The van der Waals surface area contributed by atoms with Crippen molar-refractivity contribution in [2.45, 2.75) is 33.6 Å². The van der Waals surface area contributed by atoms with Crippen LogP contribution in [0.1, 0.15) is 39.2 Å². The lowest BCUT2D eigenvalue weighted by Crippen LogP contribution is -1.85. The molecule has 0 unspecified atom stereocenters. The Bertz CT molecular complexity index is 385. The van der Waals surface area contributed by atoms with Crippen LogP contribution in [-0.4, -0.2) is 0 Å². The topological polar surface area (TPSA) is 0 Å². The Kier molecular flexibility index (Phi) is 4.15. The fourth-order valence-electron chi connectivity index (χ4n) is 1.47. The number of hydrogen-bond donors (Lipinski definition) is 0. The van der Waals surface area contributed by atoms with E-state index in [4.69, 9.17) is 0 Å². The maximum Gasteiger partial charge on any atom is 0.0377 e. The summed E-state index contributed by atoms with van der Waals surface area (Å²) in [6, 6.07) is 8.73. The number of thiophene rings is 1. The number of hydrogen-bond acceptors (Lipinski definition) is 1. The molecule has 0 saturated heterocycles. The van der Waals surface area contributed by atoms with Gasteiger partial charge in [0.25, 0.3) is 0 Å². The van der Waals surface area contributed by atoms with E-state index < -0.39 is 0 Å². The Morgan fingerprint density at radius 3 is 2.43 bits per heavy atom. The van der Waals surface area contributed by atoms with Crippen LogP contribution in [0.3, 0.4) is 0 Å². The Morgan fingerprint density at radius 1 is 1.07 bits per heavy atom. The van der Waals surface area contributed by atoms with Gasteiger partial charge in [-0.3, -0.25) is 0 Å². The zero-order valence-corrected chi connectivity index (χ0v) is 10.2. The molecular formula is C13H18S. The molecule has 2 rings (SSSR count). The Labute approximate surface area is 90.6 Å². The minimum Gasteiger partial charge on any atom is -0.144 e. The maximum atomic E-state index is 2.24. The molecule has 0 bridgehead atoms. The fraction of sp³-hybridized carbons (Fsp3) is 0.385. The molecule has 0 aliphatic rings. The summed E-state index contributed by atoms with van der Waals surface area (Å²) >= 11 is 1.84. The predicted molar refractivity (Wildman–Crippen MR) is 67.3 cm³/mol. The molecule has 0 radical (unpaired) electrons. The molecule has 0 saturated carbocycles. The zero-order valence-electron chi connectivity index (χ0n) is 9.37. The van der Waals surface area contributed by atoms with Crippen molar-refractivity contribution in [1.29, 1.82) is 0 Å². The Morgan fingerprint density at radius 2 is 1.79 bits per heavy atom. The average molecular weight is 206 g/mol. The molecule has 2 aromatic rings. The summed E-state index contributed by atoms with van der Waals surface area (Å²) in [5, 5.41) is 3.54. The molecule has 0 nitrogen and oxygen atoms in total. The third kappa shape index (κ3) is 2.16. The van der Waals surface area contributed by atoms with Crippen molar-refractivity contribution in [3.8, 4) is 0 Å². The van der Waals surface area contributed by atoms with Crippen molar-refractivity contribution in [3.63, 3.8) is 0 Å². The largest absolute Gasteiger partial charge is 0.144 e. The van der Waals surface area contributed by atoms with Gasteiger partial charge in [-0.1, -0.05) is 45.9 Å². The quantitative estimate of drug-likeness (QED) is 0.612. The highest BCUT2D eigenvalue weighted by molar-refractivity contribution is 7.17. The highest BCUT2D eigenvalue weighted by Crippen LogP contribution is 2.29. The van der Waals surface area contributed by atoms with Crippen molar-refractivity contribution < 1.29 is 0 Å². The van der Waals surface area contributed by atoms with Crippen molar-refractivity contribution in [1.82, 2.24) is 0 Å². The molecule has 14 heavy (non-hydrogen) atoms. The van der Waals surface area contributed by atoms with Crippen LogP contribution in [0.25, 0.3) is 10.1 Å². The summed E-state index contributed by atoms with van der Waals surface area (Å²) in [6.45, 7) is 8.49. The first-order chi connectivity index (χ1) is 6.79. The third-order valence-electron chi connectivity index (χ3n) is 2.13. The van der Waals surface area contributed by atoms with Crippen molar-refractivity contribution in [2.75, 3.05) is 0 Å². The second-order valence-corrected chi connectivity index (χ2v) is 4.26. The Balaban J connectivity index is 0.000000461. The van der Waals surface area contributed by atoms with Crippen LogP contribution in [0.15, 0.2) is 29.6 Å². The first-order valence-electron chi connectivity index (χ1n) is 5.25. The summed E-state index contributed by atoms with van der Waals surface area (Å²) in [5.41, 5.74) is 1.47. The lowest BCUT2D eigenvalue weighted by Gasteiger charge is -2.05. The van der Waals surface area contributed by atoms with E-state index in [2.05, 4.69) is 43.5 Å². The normalized spacial score (nSPS) is 10.1. The molecule has 0 aliphatic carbocycles. The highest BCUT2D eigenvalue weighted by atomic mass is 32.1. The van der Waals surface area contributed by atoms with Gasteiger partial charge < -0.3 is 0 Å². The summed E-state index contributed by atoms with van der Waals surface area (Å²) in [6.07, 6.45) is 0. The van der Waals surface area contributed by atoms with E-state index >= 15 is 0 Å². The summed E-state index contributed by atoms with van der Waals surface area (Å²) in [7, 11) is 0. The van der Waals surface area contributed by atoms with Crippen molar-refractivity contribution in [2.24, 2.45) is 0 Å². The molecule has 0 N–H and O–H groups in total. The van der Waals surface area contributed by atoms with Gasteiger partial charge in [-0.15, -0.1) is 11.3 Å². The smallest absolute Gasteiger partial charge is 0.0377 e. The van der Waals surface area contributed by atoms with E-state index in [-0.39, 0.29) is 0 Å². The molecule has 1 heteroatoms. The number of fused-ring (bicyclic) bond motifs is 1. The van der Waals surface area contributed by atoms with E-state index in [1.165, 1.54) is 15.6 Å². The molecule has 1 heterocycles. The van der Waals surface area contributed by atoms with Gasteiger partial charge in [0.05, 0.1) is 0 Å². The molecule has 0 aliphatic heterocycles. The predicted octanol–water partition coefficient (Wildman–Crippen LogP) is 5.05.